The van der Waals surface area contributed by atoms with Crippen molar-refractivity contribution in [3.05, 3.63) is 28.3 Å². The normalized spacial score (nSPS) is 10.8. The van der Waals surface area contributed by atoms with Crippen LogP contribution >= 0.6 is 0 Å². The third-order valence-electron chi connectivity index (χ3n) is 3.02. The Bertz CT molecular complexity index is 448. The maximum atomic E-state index is 11.3. The Balaban J connectivity index is 3.29. The minimum absolute atomic E-state index is 0.267. The fourth-order valence-corrected chi connectivity index (χ4v) is 2.14. The molecule has 0 aromatic heterocycles. The summed E-state index contributed by atoms with van der Waals surface area (Å²) in [6.07, 6.45) is 0.885. The Morgan fingerprint density at radius 1 is 1.39 bits per heavy atom. The van der Waals surface area contributed by atoms with Gasteiger partial charge in [0.25, 0.3) is 0 Å². The van der Waals surface area contributed by atoms with Gasteiger partial charge in [-0.1, -0.05) is 20.8 Å². The summed E-state index contributed by atoms with van der Waals surface area (Å²) in [6, 6.07) is 1.71. The van der Waals surface area contributed by atoms with Gasteiger partial charge in [-0.05, 0) is 48.9 Å². The molecule has 0 radical (unpaired) electrons. The minimum Gasteiger partial charge on any atom is -0.492 e. The number of carboxylic acids is 1. The number of benzene rings is 1. The van der Waals surface area contributed by atoms with Crippen molar-refractivity contribution in [1.82, 2.24) is 0 Å². The van der Waals surface area contributed by atoms with Crippen molar-refractivity contribution in [3.63, 3.8) is 0 Å². The molecule has 100 valence electrons. The van der Waals surface area contributed by atoms with E-state index in [0.29, 0.717) is 18.3 Å². The summed E-state index contributed by atoms with van der Waals surface area (Å²) in [7, 11) is 0. The van der Waals surface area contributed by atoms with Gasteiger partial charge in [0.1, 0.15) is 11.3 Å². The standard InChI is InChI=1S/C15H22O3/c1-6-12-10(4)7-13(15(16)17)14(11(12)5)18-8-9(2)3/h7,9H,6,8H2,1-5H3,(H,16,17). The molecule has 1 aromatic rings. The van der Waals surface area contributed by atoms with Gasteiger partial charge in [-0.25, -0.2) is 4.79 Å². The number of rotatable bonds is 5. The molecule has 0 fully saturated rings. The monoisotopic (exact) mass is 250 g/mol. The summed E-state index contributed by atoms with van der Waals surface area (Å²) in [6.45, 7) is 10.6. The molecule has 0 bridgehead atoms. The fraction of sp³-hybridized carbons (Fsp3) is 0.533. The summed E-state index contributed by atoms with van der Waals surface area (Å²) in [5.41, 5.74) is 3.42. The number of carboxylic acid groups (broad SMARTS) is 1. The van der Waals surface area contributed by atoms with E-state index >= 15 is 0 Å². The first-order chi connectivity index (χ1) is 8.38. The molecule has 1 rings (SSSR count). The molecule has 0 atom stereocenters. The molecule has 0 spiro atoms. The van der Waals surface area contributed by atoms with E-state index in [1.54, 1.807) is 6.07 Å². The average molecular weight is 250 g/mol. The zero-order valence-electron chi connectivity index (χ0n) is 11.8. The third-order valence-corrected chi connectivity index (χ3v) is 3.02. The van der Waals surface area contributed by atoms with Gasteiger partial charge in [-0.15, -0.1) is 0 Å². The topological polar surface area (TPSA) is 46.5 Å². The zero-order valence-corrected chi connectivity index (χ0v) is 11.8. The van der Waals surface area contributed by atoms with Gasteiger partial charge >= 0.3 is 5.97 Å². The summed E-state index contributed by atoms with van der Waals surface area (Å²) in [5.74, 6) is -0.0290. The van der Waals surface area contributed by atoms with Crippen LogP contribution in [0.1, 0.15) is 47.8 Å². The highest BCUT2D eigenvalue weighted by molar-refractivity contribution is 5.92. The molecule has 0 heterocycles. The minimum atomic E-state index is -0.928. The van der Waals surface area contributed by atoms with Gasteiger partial charge < -0.3 is 9.84 Å². The smallest absolute Gasteiger partial charge is 0.339 e. The van der Waals surface area contributed by atoms with Gasteiger partial charge in [0.15, 0.2) is 0 Å². The predicted octanol–water partition coefficient (Wildman–Crippen LogP) is 3.60. The van der Waals surface area contributed by atoms with E-state index in [4.69, 9.17) is 4.74 Å². The van der Waals surface area contributed by atoms with Crippen LogP contribution in [0.2, 0.25) is 0 Å². The number of aryl methyl sites for hydroxylation is 1. The second kappa shape index (κ2) is 5.89. The highest BCUT2D eigenvalue weighted by Crippen LogP contribution is 2.30. The molecule has 3 heteroatoms. The predicted molar refractivity (Wildman–Crippen MR) is 72.6 cm³/mol. The Morgan fingerprint density at radius 2 is 2.00 bits per heavy atom. The molecule has 3 nitrogen and oxygen atoms in total. The third kappa shape index (κ3) is 3.03. The van der Waals surface area contributed by atoms with Gasteiger partial charge in [-0.3, -0.25) is 0 Å². The van der Waals surface area contributed by atoms with E-state index in [1.165, 1.54) is 5.56 Å². The number of carbonyl (C=O) groups is 1. The van der Waals surface area contributed by atoms with Crippen molar-refractivity contribution in [1.29, 1.82) is 0 Å². The Labute approximate surface area is 109 Å². The quantitative estimate of drug-likeness (QED) is 0.868. The van der Waals surface area contributed by atoms with Crippen molar-refractivity contribution >= 4 is 5.97 Å². The molecular weight excluding hydrogens is 228 g/mol. The van der Waals surface area contributed by atoms with Gasteiger partial charge in [-0.2, -0.15) is 0 Å². The SMILES string of the molecule is CCc1c(C)cc(C(=O)O)c(OCC(C)C)c1C. The lowest BCUT2D eigenvalue weighted by molar-refractivity contribution is 0.0691. The first-order valence-electron chi connectivity index (χ1n) is 6.37. The maximum absolute atomic E-state index is 11.3. The molecule has 1 aromatic carbocycles. The molecule has 0 aliphatic carbocycles. The number of hydrogen-bond acceptors (Lipinski definition) is 2. The summed E-state index contributed by atoms with van der Waals surface area (Å²) in [5, 5.41) is 9.26. The molecular formula is C15H22O3. The molecule has 0 saturated heterocycles. The summed E-state index contributed by atoms with van der Waals surface area (Å²) >= 11 is 0. The number of hydrogen-bond donors (Lipinski definition) is 1. The second-order valence-corrected chi connectivity index (χ2v) is 5.04. The zero-order chi connectivity index (χ0) is 13.9. The molecule has 1 N–H and O–H groups in total. The maximum Gasteiger partial charge on any atom is 0.339 e. The lowest BCUT2D eigenvalue weighted by Gasteiger charge is -2.18. The molecule has 0 aliphatic heterocycles. The fourth-order valence-electron chi connectivity index (χ4n) is 2.14. The Morgan fingerprint density at radius 3 is 2.44 bits per heavy atom. The van der Waals surface area contributed by atoms with Crippen molar-refractivity contribution in [2.75, 3.05) is 6.61 Å². The van der Waals surface area contributed by atoms with Gasteiger partial charge in [0, 0.05) is 0 Å². The first kappa shape index (κ1) is 14.6. The van der Waals surface area contributed by atoms with Crippen LogP contribution in [0.15, 0.2) is 6.07 Å². The molecule has 0 unspecified atom stereocenters. The van der Waals surface area contributed by atoms with Crippen LogP contribution in [0, 0.1) is 19.8 Å². The van der Waals surface area contributed by atoms with Crippen LogP contribution in [0.5, 0.6) is 5.75 Å². The van der Waals surface area contributed by atoms with E-state index in [9.17, 15) is 9.90 Å². The summed E-state index contributed by atoms with van der Waals surface area (Å²) < 4.78 is 5.71. The average Bonchev–Trinajstić information content (AvgIpc) is 2.27. The summed E-state index contributed by atoms with van der Waals surface area (Å²) in [4.78, 5) is 11.3. The van der Waals surface area contributed by atoms with E-state index < -0.39 is 5.97 Å². The van der Waals surface area contributed by atoms with Crippen LogP contribution in [-0.4, -0.2) is 17.7 Å². The van der Waals surface area contributed by atoms with Gasteiger partial charge in [0.2, 0.25) is 0 Å². The molecule has 0 saturated carbocycles. The van der Waals surface area contributed by atoms with Crippen LogP contribution in [0.3, 0.4) is 0 Å². The van der Waals surface area contributed by atoms with E-state index in [2.05, 4.69) is 6.92 Å². The molecule has 0 aliphatic rings. The largest absolute Gasteiger partial charge is 0.492 e. The lowest BCUT2D eigenvalue weighted by atomic mass is 9.96. The van der Waals surface area contributed by atoms with Crippen LogP contribution in [0.4, 0.5) is 0 Å². The second-order valence-electron chi connectivity index (χ2n) is 5.04. The van der Waals surface area contributed by atoms with E-state index in [-0.39, 0.29) is 5.56 Å². The number of aromatic carboxylic acids is 1. The van der Waals surface area contributed by atoms with Crippen LogP contribution in [0.25, 0.3) is 0 Å². The van der Waals surface area contributed by atoms with Crippen molar-refractivity contribution < 1.29 is 14.6 Å². The lowest BCUT2D eigenvalue weighted by Crippen LogP contribution is -2.11. The Kier molecular flexibility index (Phi) is 4.76. The van der Waals surface area contributed by atoms with Crippen LogP contribution < -0.4 is 4.74 Å². The molecule has 0 amide bonds. The number of ether oxygens (including phenoxy) is 1. The first-order valence-corrected chi connectivity index (χ1v) is 6.37. The van der Waals surface area contributed by atoms with Crippen molar-refractivity contribution in [3.8, 4) is 5.75 Å². The van der Waals surface area contributed by atoms with Crippen LogP contribution in [-0.2, 0) is 6.42 Å². The van der Waals surface area contributed by atoms with E-state index in [0.717, 1.165) is 17.5 Å². The molecule has 18 heavy (non-hydrogen) atoms. The van der Waals surface area contributed by atoms with Gasteiger partial charge in [0.05, 0.1) is 6.61 Å². The Hall–Kier alpha value is -1.51. The highest BCUT2D eigenvalue weighted by atomic mass is 16.5. The van der Waals surface area contributed by atoms with Crippen molar-refractivity contribution in [2.45, 2.75) is 41.0 Å². The van der Waals surface area contributed by atoms with E-state index in [1.807, 2.05) is 27.7 Å². The van der Waals surface area contributed by atoms with Crippen molar-refractivity contribution in [2.24, 2.45) is 5.92 Å². The highest BCUT2D eigenvalue weighted by Gasteiger charge is 2.18.